The Labute approximate surface area is 111 Å². The van der Waals surface area contributed by atoms with Gasteiger partial charge < -0.3 is 4.52 Å². The van der Waals surface area contributed by atoms with Crippen molar-refractivity contribution >= 4 is 33.2 Å². The summed E-state index contributed by atoms with van der Waals surface area (Å²) in [5.74, 6) is 0. The average Bonchev–Trinajstić information content (AvgIpc) is 2.84. The lowest BCUT2D eigenvalue weighted by Crippen LogP contribution is -1.86. The van der Waals surface area contributed by atoms with Crippen molar-refractivity contribution in [1.82, 2.24) is 10.1 Å². The lowest BCUT2D eigenvalue weighted by Gasteiger charge is -1.96. The third-order valence-electron chi connectivity index (χ3n) is 2.62. The lowest BCUT2D eigenvalue weighted by molar-refractivity contribution is 0.112. The number of hydrogen-bond acceptors (Lipinski definition) is 4. The van der Waals surface area contributed by atoms with Gasteiger partial charge in [-0.25, -0.2) is 0 Å². The molecule has 0 N–H and O–H groups in total. The van der Waals surface area contributed by atoms with Crippen LogP contribution in [0.5, 0.6) is 0 Å². The van der Waals surface area contributed by atoms with Gasteiger partial charge in [0.05, 0.1) is 15.6 Å². The molecule has 0 saturated heterocycles. The summed E-state index contributed by atoms with van der Waals surface area (Å²) in [6.07, 6.45) is 2.27. The molecular weight excluding hydrogens is 296 g/mol. The molecule has 0 spiro atoms. The minimum atomic E-state index is 0.535. The van der Waals surface area contributed by atoms with E-state index in [1.165, 1.54) is 6.20 Å². The Hall–Kier alpha value is -2.01. The maximum Gasteiger partial charge on any atom is 0.181 e. The largest absolute Gasteiger partial charge is 0.354 e. The van der Waals surface area contributed by atoms with Crippen molar-refractivity contribution in [3.63, 3.8) is 0 Å². The molecule has 0 aliphatic rings. The lowest BCUT2D eigenvalue weighted by atomic mass is 10.1. The van der Waals surface area contributed by atoms with Gasteiger partial charge in [-0.2, -0.15) is 0 Å². The van der Waals surface area contributed by atoms with Crippen LogP contribution in [0.2, 0.25) is 0 Å². The van der Waals surface area contributed by atoms with Crippen LogP contribution in [-0.2, 0) is 0 Å². The normalized spacial score (nSPS) is 10.7. The Morgan fingerprint density at radius 3 is 2.83 bits per heavy atom. The molecule has 1 aromatic carbocycles. The summed E-state index contributed by atoms with van der Waals surface area (Å²) < 4.78 is 6.13. The van der Waals surface area contributed by atoms with Gasteiger partial charge in [0.15, 0.2) is 11.9 Å². The van der Waals surface area contributed by atoms with E-state index in [0.29, 0.717) is 22.5 Å². The van der Waals surface area contributed by atoms with Crippen molar-refractivity contribution < 1.29 is 9.32 Å². The van der Waals surface area contributed by atoms with Crippen molar-refractivity contribution in [3.05, 3.63) is 46.6 Å². The van der Waals surface area contributed by atoms with Gasteiger partial charge in [0, 0.05) is 11.8 Å². The first-order chi connectivity index (χ1) is 8.79. The number of rotatable bonds is 2. The molecule has 5 heteroatoms. The van der Waals surface area contributed by atoms with Gasteiger partial charge in [-0.1, -0.05) is 11.2 Å². The topological polar surface area (TPSA) is 56.0 Å². The molecule has 0 saturated carbocycles. The van der Waals surface area contributed by atoms with E-state index in [1.54, 1.807) is 12.1 Å². The number of aldehydes is 1. The molecule has 0 unspecified atom stereocenters. The van der Waals surface area contributed by atoms with Crippen LogP contribution in [0, 0.1) is 0 Å². The summed E-state index contributed by atoms with van der Waals surface area (Å²) in [7, 11) is 0. The zero-order valence-corrected chi connectivity index (χ0v) is 10.7. The first kappa shape index (κ1) is 11.1. The zero-order chi connectivity index (χ0) is 12.5. The quantitative estimate of drug-likeness (QED) is 0.680. The van der Waals surface area contributed by atoms with Gasteiger partial charge in [-0.15, -0.1) is 0 Å². The number of nitrogens with zero attached hydrogens (tertiary/aromatic N) is 2. The van der Waals surface area contributed by atoms with E-state index in [4.69, 9.17) is 4.52 Å². The van der Waals surface area contributed by atoms with Crippen LogP contribution in [-0.4, -0.2) is 16.4 Å². The fourth-order valence-corrected chi connectivity index (χ4v) is 2.17. The predicted octanol–water partition coefficient (Wildman–Crippen LogP) is 3.46. The highest BCUT2D eigenvalue weighted by molar-refractivity contribution is 9.10. The summed E-state index contributed by atoms with van der Waals surface area (Å²) >= 11 is 3.41. The number of hydrogen-bond donors (Lipinski definition) is 0. The number of aromatic nitrogens is 2. The Morgan fingerprint density at radius 1 is 1.22 bits per heavy atom. The molecule has 0 aliphatic heterocycles. The number of para-hydroxylation sites is 1. The second-order valence-electron chi connectivity index (χ2n) is 3.74. The van der Waals surface area contributed by atoms with Crippen molar-refractivity contribution in [3.8, 4) is 11.4 Å². The smallest absolute Gasteiger partial charge is 0.181 e. The zero-order valence-electron chi connectivity index (χ0n) is 9.13. The van der Waals surface area contributed by atoms with E-state index in [2.05, 4.69) is 26.1 Å². The third-order valence-corrected chi connectivity index (χ3v) is 3.24. The van der Waals surface area contributed by atoms with E-state index in [9.17, 15) is 4.79 Å². The maximum atomic E-state index is 10.6. The molecule has 4 nitrogen and oxygen atoms in total. The first-order valence-electron chi connectivity index (χ1n) is 5.25. The number of carbonyl (C=O) groups excluding carboxylic acids is 1. The standard InChI is InChI=1S/C13H7BrN2O2/c14-10-3-1-2-9-12(16-18-13(9)10)11-5-4-8(7-17)6-15-11/h1-7H. The van der Waals surface area contributed by atoms with Gasteiger partial charge >= 0.3 is 0 Å². The van der Waals surface area contributed by atoms with Crippen molar-refractivity contribution in [2.45, 2.75) is 0 Å². The molecule has 0 amide bonds. The fourth-order valence-electron chi connectivity index (χ4n) is 1.73. The van der Waals surface area contributed by atoms with Gasteiger partial charge in [-0.05, 0) is 40.2 Å². The Morgan fingerprint density at radius 2 is 2.11 bits per heavy atom. The Balaban J connectivity index is 2.19. The molecule has 2 aromatic heterocycles. The molecule has 0 aliphatic carbocycles. The molecular formula is C13H7BrN2O2. The number of fused-ring (bicyclic) bond motifs is 1. The summed E-state index contributed by atoms with van der Waals surface area (Å²) in [4.78, 5) is 14.8. The van der Waals surface area contributed by atoms with Gasteiger partial charge in [-0.3, -0.25) is 9.78 Å². The molecule has 0 fully saturated rings. The van der Waals surface area contributed by atoms with Gasteiger partial charge in [0.25, 0.3) is 0 Å². The van der Waals surface area contributed by atoms with Crippen LogP contribution < -0.4 is 0 Å². The number of carbonyl (C=O) groups is 1. The minimum absolute atomic E-state index is 0.535. The molecule has 3 rings (SSSR count). The highest BCUT2D eigenvalue weighted by atomic mass is 79.9. The number of halogens is 1. The predicted molar refractivity (Wildman–Crippen MR) is 70.3 cm³/mol. The van der Waals surface area contributed by atoms with Gasteiger partial charge in [0.2, 0.25) is 0 Å². The Bertz CT molecular complexity index is 719. The Kier molecular flexibility index (Phi) is 2.68. The third kappa shape index (κ3) is 1.73. The second kappa shape index (κ2) is 4.34. The molecule has 0 atom stereocenters. The van der Waals surface area contributed by atoms with Crippen LogP contribution in [0.25, 0.3) is 22.4 Å². The van der Waals surface area contributed by atoms with Crippen LogP contribution in [0.15, 0.2) is 45.5 Å². The van der Waals surface area contributed by atoms with Crippen molar-refractivity contribution in [2.24, 2.45) is 0 Å². The highest BCUT2D eigenvalue weighted by Gasteiger charge is 2.13. The molecule has 88 valence electrons. The van der Waals surface area contributed by atoms with E-state index < -0.39 is 0 Å². The fraction of sp³-hybridized carbons (Fsp3) is 0. The van der Waals surface area contributed by atoms with Crippen LogP contribution >= 0.6 is 15.9 Å². The van der Waals surface area contributed by atoms with Crippen LogP contribution in [0.4, 0.5) is 0 Å². The molecule has 18 heavy (non-hydrogen) atoms. The van der Waals surface area contributed by atoms with Crippen LogP contribution in [0.1, 0.15) is 10.4 Å². The van der Waals surface area contributed by atoms with Crippen molar-refractivity contribution in [2.75, 3.05) is 0 Å². The van der Waals surface area contributed by atoms with Crippen molar-refractivity contribution in [1.29, 1.82) is 0 Å². The molecule has 0 radical (unpaired) electrons. The van der Waals surface area contributed by atoms with E-state index in [0.717, 1.165) is 16.1 Å². The monoisotopic (exact) mass is 302 g/mol. The van der Waals surface area contributed by atoms with Gasteiger partial charge in [0.1, 0.15) is 5.69 Å². The SMILES string of the molecule is O=Cc1ccc(-c2noc3c(Br)cccc23)nc1. The summed E-state index contributed by atoms with van der Waals surface area (Å²) in [6.45, 7) is 0. The highest BCUT2D eigenvalue weighted by Crippen LogP contribution is 2.31. The summed E-state index contributed by atoms with van der Waals surface area (Å²) in [6, 6.07) is 9.17. The maximum absolute atomic E-state index is 10.6. The summed E-state index contributed by atoms with van der Waals surface area (Å²) in [5.41, 5.74) is 2.57. The number of benzene rings is 1. The average molecular weight is 303 g/mol. The summed E-state index contributed by atoms with van der Waals surface area (Å²) in [5, 5.41) is 4.91. The second-order valence-corrected chi connectivity index (χ2v) is 4.60. The van der Waals surface area contributed by atoms with Crippen LogP contribution in [0.3, 0.4) is 0 Å². The van der Waals surface area contributed by atoms with E-state index >= 15 is 0 Å². The minimum Gasteiger partial charge on any atom is -0.354 e. The molecule has 3 aromatic rings. The van der Waals surface area contributed by atoms with E-state index in [1.807, 2.05) is 18.2 Å². The molecule has 0 bridgehead atoms. The van der Waals surface area contributed by atoms with E-state index in [-0.39, 0.29) is 0 Å². The first-order valence-corrected chi connectivity index (χ1v) is 6.04. The molecule has 2 heterocycles. The number of pyridine rings is 1.